The molecule has 3 rings (SSSR count). The Morgan fingerprint density at radius 2 is 2.04 bits per heavy atom. The smallest absolute Gasteiger partial charge is 0.258 e. The zero-order valence-electron chi connectivity index (χ0n) is 14.5. The van der Waals surface area contributed by atoms with Gasteiger partial charge in [-0.25, -0.2) is 4.98 Å². The maximum atomic E-state index is 12.0. The van der Waals surface area contributed by atoms with Crippen molar-refractivity contribution >= 4 is 27.5 Å². The van der Waals surface area contributed by atoms with Gasteiger partial charge in [0.15, 0.2) is 6.61 Å². The van der Waals surface area contributed by atoms with E-state index in [2.05, 4.69) is 26.2 Å². The highest BCUT2D eigenvalue weighted by atomic mass is 79.9. The van der Waals surface area contributed by atoms with Gasteiger partial charge >= 0.3 is 0 Å². The number of hydrogen-bond donors (Lipinski definition) is 1. The molecule has 0 radical (unpaired) electrons. The van der Waals surface area contributed by atoms with E-state index >= 15 is 0 Å². The molecule has 5 nitrogen and oxygen atoms in total. The molecule has 25 heavy (non-hydrogen) atoms. The van der Waals surface area contributed by atoms with E-state index in [4.69, 9.17) is 4.74 Å². The SMILES string of the molecule is Cc1cccc(OCC(=O)NCc2cn3cc(Br)cc(C)c3n2)c1C. The second-order valence-electron chi connectivity index (χ2n) is 6.07. The molecule has 1 N–H and O–H groups in total. The summed E-state index contributed by atoms with van der Waals surface area (Å²) in [6.07, 6.45) is 3.86. The van der Waals surface area contributed by atoms with Crippen LogP contribution < -0.4 is 10.1 Å². The predicted molar refractivity (Wildman–Crippen MR) is 101 cm³/mol. The summed E-state index contributed by atoms with van der Waals surface area (Å²) in [7, 11) is 0. The van der Waals surface area contributed by atoms with Crippen molar-refractivity contribution in [3.8, 4) is 5.75 Å². The van der Waals surface area contributed by atoms with Crippen molar-refractivity contribution in [3.05, 3.63) is 63.5 Å². The van der Waals surface area contributed by atoms with Gasteiger partial charge in [-0.15, -0.1) is 0 Å². The summed E-state index contributed by atoms with van der Waals surface area (Å²) in [6, 6.07) is 7.83. The third-order valence-corrected chi connectivity index (χ3v) is 4.57. The van der Waals surface area contributed by atoms with Crippen LogP contribution in [0, 0.1) is 20.8 Å². The van der Waals surface area contributed by atoms with E-state index in [0.717, 1.165) is 38.3 Å². The summed E-state index contributed by atoms with van der Waals surface area (Å²) < 4.78 is 8.56. The molecule has 3 aromatic rings. The average molecular weight is 402 g/mol. The third-order valence-electron chi connectivity index (χ3n) is 4.13. The maximum Gasteiger partial charge on any atom is 0.258 e. The van der Waals surface area contributed by atoms with Gasteiger partial charge in [-0.3, -0.25) is 4.79 Å². The van der Waals surface area contributed by atoms with Gasteiger partial charge in [-0.1, -0.05) is 12.1 Å². The molecule has 0 fully saturated rings. The van der Waals surface area contributed by atoms with E-state index in [-0.39, 0.29) is 12.5 Å². The monoisotopic (exact) mass is 401 g/mol. The highest BCUT2D eigenvalue weighted by molar-refractivity contribution is 9.10. The van der Waals surface area contributed by atoms with Crippen molar-refractivity contribution in [2.24, 2.45) is 0 Å². The summed E-state index contributed by atoms with van der Waals surface area (Å²) in [5, 5.41) is 2.85. The molecule has 0 bridgehead atoms. The lowest BCUT2D eigenvalue weighted by molar-refractivity contribution is -0.123. The third kappa shape index (κ3) is 4.02. The molecule has 2 heterocycles. The van der Waals surface area contributed by atoms with Gasteiger partial charge in [0.2, 0.25) is 0 Å². The number of aryl methyl sites for hydroxylation is 2. The number of benzene rings is 1. The maximum absolute atomic E-state index is 12.0. The van der Waals surface area contributed by atoms with Crippen LogP contribution >= 0.6 is 15.9 Å². The standard InChI is InChI=1S/C19H20BrN3O2/c1-12-5-4-6-17(14(12)3)25-11-18(24)21-8-16-10-23-9-15(20)7-13(2)19(23)22-16/h4-7,9-10H,8,11H2,1-3H3,(H,21,24). The molecule has 0 spiro atoms. The summed E-state index contributed by atoms with van der Waals surface area (Å²) in [5.41, 5.74) is 4.96. The largest absolute Gasteiger partial charge is 0.483 e. The summed E-state index contributed by atoms with van der Waals surface area (Å²) >= 11 is 3.47. The van der Waals surface area contributed by atoms with Gasteiger partial charge in [-0.2, -0.15) is 0 Å². The van der Waals surface area contributed by atoms with Crippen LogP contribution in [0.5, 0.6) is 5.75 Å². The Balaban J connectivity index is 1.59. The van der Waals surface area contributed by atoms with Crippen LogP contribution in [0.3, 0.4) is 0 Å². The van der Waals surface area contributed by atoms with E-state index in [1.807, 2.05) is 61.8 Å². The minimum Gasteiger partial charge on any atom is -0.483 e. The molecule has 2 aromatic heterocycles. The highest BCUT2D eigenvalue weighted by Crippen LogP contribution is 2.20. The molecule has 0 atom stereocenters. The number of hydrogen-bond acceptors (Lipinski definition) is 3. The Hall–Kier alpha value is -2.34. The number of aromatic nitrogens is 2. The summed E-state index contributed by atoms with van der Waals surface area (Å²) in [6.45, 7) is 6.37. The first-order valence-electron chi connectivity index (χ1n) is 8.03. The van der Waals surface area contributed by atoms with Crippen LogP contribution in [0.15, 0.2) is 41.1 Å². The minimum absolute atomic E-state index is 0.0117. The molecule has 0 unspecified atom stereocenters. The number of carbonyl (C=O) groups excluding carboxylic acids is 1. The van der Waals surface area contributed by atoms with Gasteiger partial charge in [0.05, 0.1) is 12.2 Å². The second-order valence-corrected chi connectivity index (χ2v) is 6.98. The fraction of sp³-hybridized carbons (Fsp3) is 0.263. The lowest BCUT2D eigenvalue weighted by Crippen LogP contribution is -2.28. The molecule has 0 saturated carbocycles. The number of rotatable bonds is 5. The van der Waals surface area contributed by atoms with Gasteiger partial charge in [0.1, 0.15) is 11.4 Å². The fourth-order valence-electron chi connectivity index (χ4n) is 2.63. The van der Waals surface area contributed by atoms with Crippen molar-refractivity contribution < 1.29 is 9.53 Å². The van der Waals surface area contributed by atoms with Gasteiger partial charge in [-0.05, 0) is 65.5 Å². The van der Waals surface area contributed by atoms with Crippen LogP contribution in [0.1, 0.15) is 22.4 Å². The molecule has 6 heteroatoms. The van der Waals surface area contributed by atoms with Crippen molar-refractivity contribution in [3.63, 3.8) is 0 Å². The lowest BCUT2D eigenvalue weighted by atomic mass is 10.1. The van der Waals surface area contributed by atoms with Crippen LogP contribution in [0.2, 0.25) is 0 Å². The van der Waals surface area contributed by atoms with Crippen molar-refractivity contribution in [2.75, 3.05) is 6.61 Å². The average Bonchev–Trinajstić information content (AvgIpc) is 2.97. The lowest BCUT2D eigenvalue weighted by Gasteiger charge is -2.10. The van der Waals surface area contributed by atoms with E-state index < -0.39 is 0 Å². The predicted octanol–water partition coefficient (Wildman–Crippen LogP) is 3.72. The molecule has 130 valence electrons. The number of ether oxygens (including phenoxy) is 1. The molecular formula is C19H20BrN3O2. The van der Waals surface area contributed by atoms with Gasteiger partial charge in [0.25, 0.3) is 5.91 Å². The number of nitrogens with one attached hydrogen (secondary N) is 1. The molecule has 0 saturated heterocycles. The Labute approximate surface area is 155 Å². The number of amides is 1. The molecule has 0 aliphatic heterocycles. The molecular weight excluding hydrogens is 382 g/mol. The number of imidazole rings is 1. The van der Waals surface area contributed by atoms with E-state index in [0.29, 0.717) is 6.54 Å². The van der Waals surface area contributed by atoms with E-state index in [1.54, 1.807) is 0 Å². The van der Waals surface area contributed by atoms with Crippen molar-refractivity contribution in [1.29, 1.82) is 0 Å². The topological polar surface area (TPSA) is 55.6 Å². The first-order chi connectivity index (χ1) is 11.9. The van der Waals surface area contributed by atoms with Crippen LogP contribution in [-0.4, -0.2) is 21.9 Å². The Morgan fingerprint density at radius 3 is 2.84 bits per heavy atom. The van der Waals surface area contributed by atoms with Crippen LogP contribution in [0.25, 0.3) is 5.65 Å². The normalized spacial score (nSPS) is 10.9. The first kappa shape index (κ1) is 17.5. The quantitative estimate of drug-likeness (QED) is 0.708. The zero-order valence-corrected chi connectivity index (χ0v) is 16.1. The molecule has 0 aliphatic rings. The second kappa shape index (κ2) is 7.27. The minimum atomic E-state index is -0.170. The van der Waals surface area contributed by atoms with E-state index in [9.17, 15) is 4.79 Å². The Bertz CT molecular complexity index is 934. The Kier molecular flexibility index (Phi) is 5.08. The summed E-state index contributed by atoms with van der Waals surface area (Å²) in [4.78, 5) is 16.6. The molecule has 1 aromatic carbocycles. The summed E-state index contributed by atoms with van der Waals surface area (Å²) in [5.74, 6) is 0.569. The van der Waals surface area contributed by atoms with Gasteiger partial charge < -0.3 is 14.5 Å². The zero-order chi connectivity index (χ0) is 18.0. The highest BCUT2D eigenvalue weighted by Gasteiger charge is 2.09. The Morgan fingerprint density at radius 1 is 1.24 bits per heavy atom. The van der Waals surface area contributed by atoms with Gasteiger partial charge in [0, 0.05) is 16.9 Å². The number of pyridine rings is 1. The van der Waals surface area contributed by atoms with E-state index in [1.165, 1.54) is 0 Å². The fourth-order valence-corrected chi connectivity index (χ4v) is 3.19. The number of halogens is 1. The van der Waals surface area contributed by atoms with Crippen molar-refractivity contribution in [1.82, 2.24) is 14.7 Å². The number of fused-ring (bicyclic) bond motifs is 1. The number of carbonyl (C=O) groups is 1. The first-order valence-corrected chi connectivity index (χ1v) is 8.83. The number of nitrogens with zero attached hydrogens (tertiary/aromatic N) is 2. The molecule has 0 aliphatic carbocycles. The van der Waals surface area contributed by atoms with Crippen LogP contribution in [-0.2, 0) is 11.3 Å². The van der Waals surface area contributed by atoms with Crippen molar-refractivity contribution in [2.45, 2.75) is 27.3 Å². The van der Waals surface area contributed by atoms with Crippen LogP contribution in [0.4, 0.5) is 0 Å². The molecule has 1 amide bonds.